The van der Waals surface area contributed by atoms with Crippen molar-refractivity contribution in [3.63, 3.8) is 0 Å². The molecular formula is C17H14F3N3O2. The molecule has 0 radical (unpaired) electrons. The number of nitrogens with zero attached hydrogens (tertiary/aromatic N) is 2. The lowest BCUT2D eigenvalue weighted by Crippen LogP contribution is -2.29. The average Bonchev–Trinajstić information content (AvgIpc) is 2.61. The topological polar surface area (TPSA) is 64.1 Å². The number of fused-ring (bicyclic) bond motifs is 1. The Morgan fingerprint density at radius 3 is 2.92 bits per heavy atom. The molecule has 0 unspecified atom stereocenters. The number of ether oxygens (including phenoxy) is 1. The third-order valence-corrected chi connectivity index (χ3v) is 3.55. The van der Waals surface area contributed by atoms with Crippen molar-refractivity contribution in [2.75, 3.05) is 6.54 Å². The Morgan fingerprint density at radius 2 is 2.12 bits per heavy atom. The largest absolute Gasteiger partial charge is 0.451 e. The van der Waals surface area contributed by atoms with E-state index in [1.165, 1.54) is 0 Å². The standard InChI is InChI=1S/C17H14F3N3O2/c18-17(19,20)14-7-9-21-15(23-14)8-10-22-16(24)13-6-5-11-3-1-2-4-12(11)25-13/h1-2,4-7,9H,3,8,10H2,(H,22,24). The van der Waals surface area contributed by atoms with E-state index in [1.54, 1.807) is 12.2 Å². The number of carbonyl (C=O) groups is 1. The zero-order valence-corrected chi connectivity index (χ0v) is 13.0. The maximum absolute atomic E-state index is 12.6. The summed E-state index contributed by atoms with van der Waals surface area (Å²) >= 11 is 0. The van der Waals surface area contributed by atoms with Gasteiger partial charge in [0, 0.05) is 19.2 Å². The lowest BCUT2D eigenvalue weighted by molar-refractivity contribution is -0.141. The monoisotopic (exact) mass is 349 g/mol. The van der Waals surface area contributed by atoms with Gasteiger partial charge in [-0.25, -0.2) is 9.97 Å². The van der Waals surface area contributed by atoms with Gasteiger partial charge in [-0.1, -0.05) is 18.2 Å². The quantitative estimate of drug-likeness (QED) is 0.908. The van der Waals surface area contributed by atoms with E-state index in [0.717, 1.165) is 24.3 Å². The van der Waals surface area contributed by atoms with Gasteiger partial charge in [0.05, 0.1) is 0 Å². The highest BCUT2D eigenvalue weighted by Crippen LogP contribution is 2.28. The molecule has 1 aliphatic carbocycles. The Labute approximate surface area is 141 Å². The van der Waals surface area contributed by atoms with E-state index in [9.17, 15) is 18.0 Å². The highest BCUT2D eigenvalue weighted by atomic mass is 19.4. The number of hydrogen-bond donors (Lipinski definition) is 1. The van der Waals surface area contributed by atoms with Gasteiger partial charge in [-0.15, -0.1) is 0 Å². The summed E-state index contributed by atoms with van der Waals surface area (Å²) in [7, 11) is 0. The molecule has 0 aromatic carbocycles. The van der Waals surface area contributed by atoms with Crippen LogP contribution >= 0.6 is 0 Å². The van der Waals surface area contributed by atoms with E-state index in [-0.39, 0.29) is 24.5 Å². The molecule has 1 aliphatic heterocycles. The first-order chi connectivity index (χ1) is 11.9. The summed E-state index contributed by atoms with van der Waals surface area (Å²) in [6, 6.07) is 0.805. The van der Waals surface area contributed by atoms with Crippen molar-refractivity contribution < 1.29 is 22.7 Å². The smallest absolute Gasteiger partial charge is 0.433 e. The van der Waals surface area contributed by atoms with Crippen LogP contribution in [-0.4, -0.2) is 22.4 Å². The molecule has 3 rings (SSSR count). The van der Waals surface area contributed by atoms with Crippen molar-refractivity contribution in [3.8, 4) is 0 Å². The lowest BCUT2D eigenvalue weighted by Gasteiger charge is -2.19. The van der Waals surface area contributed by atoms with Gasteiger partial charge in [0.25, 0.3) is 5.91 Å². The number of rotatable bonds is 4. The van der Waals surface area contributed by atoms with Gasteiger partial charge in [0.2, 0.25) is 0 Å². The molecule has 1 aromatic rings. The van der Waals surface area contributed by atoms with Gasteiger partial charge < -0.3 is 10.1 Å². The maximum Gasteiger partial charge on any atom is 0.433 e. The fourth-order valence-electron chi connectivity index (χ4n) is 2.31. The van der Waals surface area contributed by atoms with Crippen LogP contribution in [0.1, 0.15) is 17.9 Å². The average molecular weight is 349 g/mol. The molecule has 0 atom stereocenters. The summed E-state index contributed by atoms with van der Waals surface area (Å²) in [5.41, 5.74) is -0.0199. The normalized spacial score (nSPS) is 16.2. The molecule has 0 saturated carbocycles. The predicted molar refractivity (Wildman–Crippen MR) is 82.8 cm³/mol. The molecular weight excluding hydrogens is 335 g/mol. The first kappa shape index (κ1) is 16.9. The fourth-order valence-corrected chi connectivity index (χ4v) is 2.31. The van der Waals surface area contributed by atoms with Crippen LogP contribution < -0.4 is 5.32 Å². The molecule has 130 valence electrons. The summed E-state index contributed by atoms with van der Waals surface area (Å²) in [6.07, 6.45) is 6.32. The van der Waals surface area contributed by atoms with Crippen LogP contribution in [-0.2, 0) is 22.1 Å². The Bertz CT molecular complexity index is 808. The van der Waals surface area contributed by atoms with Crippen LogP contribution in [0.25, 0.3) is 0 Å². The second kappa shape index (κ2) is 6.92. The van der Waals surface area contributed by atoms with E-state index in [1.807, 2.05) is 18.2 Å². The number of hydrogen-bond acceptors (Lipinski definition) is 4. The van der Waals surface area contributed by atoms with Crippen molar-refractivity contribution in [2.24, 2.45) is 0 Å². The van der Waals surface area contributed by atoms with E-state index in [4.69, 9.17) is 4.74 Å². The minimum Gasteiger partial charge on any atom is -0.451 e. The molecule has 8 heteroatoms. The molecule has 2 aliphatic rings. The van der Waals surface area contributed by atoms with Gasteiger partial charge in [-0.3, -0.25) is 4.79 Å². The molecule has 0 spiro atoms. The second-order valence-electron chi connectivity index (χ2n) is 5.35. The molecule has 1 aromatic heterocycles. The highest BCUT2D eigenvalue weighted by molar-refractivity contribution is 5.92. The van der Waals surface area contributed by atoms with Crippen molar-refractivity contribution in [2.45, 2.75) is 19.0 Å². The third-order valence-electron chi connectivity index (χ3n) is 3.55. The molecule has 2 heterocycles. The summed E-state index contributed by atoms with van der Waals surface area (Å²) in [5.74, 6) is 0.320. The van der Waals surface area contributed by atoms with Gasteiger partial charge >= 0.3 is 6.18 Å². The van der Waals surface area contributed by atoms with Gasteiger partial charge in [0.15, 0.2) is 5.76 Å². The van der Waals surface area contributed by atoms with Crippen molar-refractivity contribution in [3.05, 3.63) is 71.3 Å². The van der Waals surface area contributed by atoms with Crippen molar-refractivity contribution >= 4 is 5.91 Å². The van der Waals surface area contributed by atoms with Crippen molar-refractivity contribution in [1.82, 2.24) is 15.3 Å². The molecule has 0 fully saturated rings. The zero-order chi connectivity index (χ0) is 17.9. The minimum absolute atomic E-state index is 0.0102. The van der Waals surface area contributed by atoms with Gasteiger partial charge in [0.1, 0.15) is 17.3 Å². The molecule has 25 heavy (non-hydrogen) atoms. The van der Waals surface area contributed by atoms with Crippen LogP contribution in [0.15, 0.2) is 59.7 Å². The van der Waals surface area contributed by atoms with Crippen LogP contribution in [0.4, 0.5) is 13.2 Å². The Balaban J connectivity index is 1.55. The number of allylic oxidation sites excluding steroid dienone is 6. The second-order valence-corrected chi connectivity index (χ2v) is 5.35. The SMILES string of the molecule is O=C(NCCc1nccc(C(F)(F)F)n1)C1=CC=C2CC=CC=C2O1. The van der Waals surface area contributed by atoms with E-state index < -0.39 is 17.8 Å². The lowest BCUT2D eigenvalue weighted by atomic mass is 10.0. The third kappa shape index (κ3) is 4.14. The summed E-state index contributed by atoms with van der Waals surface area (Å²) in [5, 5.41) is 2.59. The van der Waals surface area contributed by atoms with E-state index in [0.29, 0.717) is 5.76 Å². The summed E-state index contributed by atoms with van der Waals surface area (Å²) < 4.78 is 43.3. The zero-order valence-electron chi connectivity index (χ0n) is 13.0. The number of aromatic nitrogens is 2. The summed E-state index contributed by atoms with van der Waals surface area (Å²) in [4.78, 5) is 19.3. The van der Waals surface area contributed by atoms with Crippen LogP contribution in [0, 0.1) is 0 Å². The van der Waals surface area contributed by atoms with Gasteiger partial charge in [-0.2, -0.15) is 13.2 Å². The number of carbonyl (C=O) groups excluding carboxylic acids is 1. The van der Waals surface area contributed by atoms with Crippen LogP contribution in [0.5, 0.6) is 0 Å². The minimum atomic E-state index is -4.52. The van der Waals surface area contributed by atoms with Crippen LogP contribution in [0.2, 0.25) is 0 Å². The number of nitrogens with one attached hydrogen (secondary N) is 1. The number of amides is 1. The molecule has 1 N–H and O–H groups in total. The highest BCUT2D eigenvalue weighted by Gasteiger charge is 2.32. The Hall–Kier alpha value is -2.90. The predicted octanol–water partition coefficient (Wildman–Crippen LogP) is 2.84. The molecule has 0 saturated heterocycles. The number of alkyl halides is 3. The molecule has 1 amide bonds. The van der Waals surface area contributed by atoms with E-state index in [2.05, 4.69) is 15.3 Å². The van der Waals surface area contributed by atoms with Gasteiger partial charge in [-0.05, 0) is 30.2 Å². The van der Waals surface area contributed by atoms with E-state index >= 15 is 0 Å². The number of halogens is 3. The first-order valence-corrected chi connectivity index (χ1v) is 7.57. The molecule has 5 nitrogen and oxygen atoms in total. The Morgan fingerprint density at radius 1 is 1.28 bits per heavy atom. The molecule has 0 bridgehead atoms. The first-order valence-electron chi connectivity index (χ1n) is 7.57. The Kier molecular flexibility index (Phi) is 4.69. The maximum atomic E-state index is 12.6. The van der Waals surface area contributed by atoms with Crippen molar-refractivity contribution in [1.29, 1.82) is 0 Å². The fraction of sp³-hybridized carbons (Fsp3) is 0.235. The van der Waals surface area contributed by atoms with Crippen LogP contribution in [0.3, 0.4) is 0 Å². The summed E-state index contributed by atoms with van der Waals surface area (Å²) in [6.45, 7) is 0.0936.